The molecule has 0 unspecified atom stereocenters. The summed E-state index contributed by atoms with van der Waals surface area (Å²) in [7, 11) is 0. The van der Waals surface area contributed by atoms with Gasteiger partial charge in [0.2, 0.25) is 0 Å². The molecule has 5 nitrogen and oxygen atoms in total. The van der Waals surface area contributed by atoms with E-state index in [0.717, 1.165) is 5.56 Å². The minimum atomic E-state index is -0.291. The normalized spacial score (nSPS) is 11.2. The number of hydrogen-bond acceptors (Lipinski definition) is 4. The van der Waals surface area contributed by atoms with Gasteiger partial charge in [-0.05, 0) is 36.1 Å². The SMILES string of the molecule is Cc1nn(Cc2ccc(F)cc2)c(Cl)c1C=NNC(=O)c1cccs1. The molecule has 1 aromatic carbocycles. The highest BCUT2D eigenvalue weighted by atomic mass is 35.5. The highest BCUT2D eigenvalue weighted by Crippen LogP contribution is 2.19. The quantitative estimate of drug-likeness (QED) is 0.543. The second-order valence-electron chi connectivity index (χ2n) is 5.25. The first kappa shape index (κ1) is 17.3. The van der Waals surface area contributed by atoms with Gasteiger partial charge in [-0.25, -0.2) is 14.5 Å². The average Bonchev–Trinajstić information content (AvgIpc) is 3.21. The lowest BCUT2D eigenvalue weighted by Crippen LogP contribution is -2.16. The van der Waals surface area contributed by atoms with E-state index in [4.69, 9.17) is 11.6 Å². The maximum atomic E-state index is 13.0. The molecule has 0 aliphatic carbocycles. The Morgan fingerprint density at radius 1 is 1.40 bits per heavy atom. The Labute approximate surface area is 152 Å². The molecule has 25 heavy (non-hydrogen) atoms. The van der Waals surface area contributed by atoms with E-state index in [9.17, 15) is 9.18 Å². The van der Waals surface area contributed by atoms with Gasteiger partial charge in [0.1, 0.15) is 11.0 Å². The van der Waals surface area contributed by atoms with Gasteiger partial charge in [0, 0.05) is 0 Å². The number of halogens is 2. The zero-order chi connectivity index (χ0) is 17.8. The minimum absolute atomic E-state index is 0.279. The fraction of sp³-hybridized carbons (Fsp3) is 0.118. The van der Waals surface area contributed by atoms with Crippen molar-refractivity contribution >= 4 is 35.1 Å². The molecule has 0 atom stereocenters. The molecule has 128 valence electrons. The molecular weight excluding hydrogens is 363 g/mol. The van der Waals surface area contributed by atoms with Crippen LogP contribution in [0.1, 0.15) is 26.5 Å². The van der Waals surface area contributed by atoms with Crippen molar-refractivity contribution in [3.63, 3.8) is 0 Å². The summed E-state index contributed by atoms with van der Waals surface area (Å²) in [5.41, 5.74) is 4.63. The number of rotatable bonds is 5. The monoisotopic (exact) mass is 376 g/mol. The largest absolute Gasteiger partial charge is 0.281 e. The summed E-state index contributed by atoms with van der Waals surface area (Å²) < 4.78 is 14.6. The van der Waals surface area contributed by atoms with Gasteiger partial charge in [0.25, 0.3) is 5.91 Å². The number of amides is 1. The summed E-state index contributed by atoms with van der Waals surface area (Å²) in [5, 5.41) is 10.5. The van der Waals surface area contributed by atoms with Crippen molar-refractivity contribution in [1.29, 1.82) is 0 Å². The first-order valence-electron chi connectivity index (χ1n) is 7.39. The number of benzene rings is 1. The number of carbonyl (C=O) groups is 1. The van der Waals surface area contributed by atoms with Crippen LogP contribution in [-0.2, 0) is 6.54 Å². The Bertz CT molecular complexity index is 904. The van der Waals surface area contributed by atoms with Crippen LogP contribution in [0, 0.1) is 12.7 Å². The van der Waals surface area contributed by atoms with Gasteiger partial charge in [-0.2, -0.15) is 10.2 Å². The lowest BCUT2D eigenvalue weighted by Gasteiger charge is -2.03. The molecule has 0 spiro atoms. The Kier molecular flexibility index (Phi) is 5.25. The van der Waals surface area contributed by atoms with Crippen molar-refractivity contribution in [3.05, 3.63) is 74.4 Å². The van der Waals surface area contributed by atoms with Crippen molar-refractivity contribution in [2.24, 2.45) is 5.10 Å². The lowest BCUT2D eigenvalue weighted by molar-refractivity contribution is 0.0959. The number of carbonyl (C=O) groups excluding carboxylic acids is 1. The maximum absolute atomic E-state index is 13.0. The molecule has 0 fully saturated rings. The van der Waals surface area contributed by atoms with Crippen LogP contribution in [0.15, 0.2) is 46.9 Å². The van der Waals surface area contributed by atoms with Crippen LogP contribution in [0.25, 0.3) is 0 Å². The van der Waals surface area contributed by atoms with Crippen LogP contribution >= 0.6 is 22.9 Å². The minimum Gasteiger partial charge on any atom is -0.266 e. The molecule has 2 heterocycles. The molecule has 0 saturated carbocycles. The van der Waals surface area contributed by atoms with Gasteiger partial charge < -0.3 is 0 Å². The van der Waals surface area contributed by atoms with Crippen molar-refractivity contribution in [2.75, 3.05) is 0 Å². The number of hydrogen-bond donors (Lipinski definition) is 1. The van der Waals surface area contributed by atoms with Gasteiger partial charge in [0.05, 0.1) is 28.9 Å². The molecule has 0 aliphatic heterocycles. The standard InChI is InChI=1S/C17H14ClFN4OS/c1-11-14(9-20-21-17(24)15-3-2-8-25-15)16(18)23(22-11)10-12-4-6-13(19)7-5-12/h2-9H,10H2,1H3,(H,21,24). The van der Waals surface area contributed by atoms with Gasteiger partial charge >= 0.3 is 0 Å². The molecule has 0 bridgehead atoms. The van der Waals surface area contributed by atoms with E-state index >= 15 is 0 Å². The zero-order valence-electron chi connectivity index (χ0n) is 13.2. The first-order chi connectivity index (χ1) is 12.0. The van der Waals surface area contributed by atoms with Crippen LogP contribution in [-0.4, -0.2) is 21.9 Å². The maximum Gasteiger partial charge on any atom is 0.281 e. The Balaban J connectivity index is 1.72. The number of hydrazone groups is 1. The Morgan fingerprint density at radius 3 is 2.84 bits per heavy atom. The third-order valence-corrected chi connectivity index (χ3v) is 4.73. The average molecular weight is 377 g/mol. The number of nitrogens with zero attached hydrogens (tertiary/aromatic N) is 3. The summed E-state index contributed by atoms with van der Waals surface area (Å²) in [5.74, 6) is -0.570. The molecule has 0 radical (unpaired) electrons. The van der Waals surface area contributed by atoms with E-state index in [2.05, 4.69) is 15.6 Å². The fourth-order valence-electron chi connectivity index (χ4n) is 2.20. The Morgan fingerprint density at radius 2 is 2.16 bits per heavy atom. The second kappa shape index (κ2) is 7.58. The third kappa shape index (κ3) is 4.12. The predicted molar refractivity (Wildman–Crippen MR) is 96.9 cm³/mol. The zero-order valence-corrected chi connectivity index (χ0v) is 14.8. The van der Waals surface area contributed by atoms with Gasteiger partial charge in [-0.15, -0.1) is 11.3 Å². The number of thiophene rings is 1. The molecule has 0 saturated heterocycles. The third-order valence-electron chi connectivity index (χ3n) is 3.46. The Hall–Kier alpha value is -2.51. The molecule has 1 amide bonds. The predicted octanol–water partition coefficient (Wildman–Crippen LogP) is 3.86. The van der Waals surface area contributed by atoms with Gasteiger partial charge in [-0.1, -0.05) is 29.8 Å². The highest BCUT2D eigenvalue weighted by molar-refractivity contribution is 7.12. The van der Waals surface area contributed by atoms with Crippen molar-refractivity contribution < 1.29 is 9.18 Å². The summed E-state index contributed by atoms with van der Waals surface area (Å²) in [4.78, 5) is 12.4. The van der Waals surface area contributed by atoms with Crippen LogP contribution in [0.3, 0.4) is 0 Å². The summed E-state index contributed by atoms with van der Waals surface area (Å²) in [6.07, 6.45) is 1.47. The molecule has 2 aromatic heterocycles. The van der Waals surface area contributed by atoms with E-state index < -0.39 is 0 Å². The smallest absolute Gasteiger partial charge is 0.266 e. The van der Waals surface area contributed by atoms with E-state index in [1.807, 2.05) is 5.38 Å². The van der Waals surface area contributed by atoms with E-state index in [0.29, 0.717) is 27.8 Å². The van der Waals surface area contributed by atoms with E-state index in [1.54, 1.807) is 35.9 Å². The van der Waals surface area contributed by atoms with Crippen molar-refractivity contribution in [1.82, 2.24) is 15.2 Å². The summed E-state index contributed by atoms with van der Waals surface area (Å²) in [6, 6.07) is 9.65. The molecule has 0 aliphatic rings. The van der Waals surface area contributed by atoms with Crippen molar-refractivity contribution in [3.8, 4) is 0 Å². The summed E-state index contributed by atoms with van der Waals surface area (Å²) >= 11 is 7.68. The van der Waals surface area contributed by atoms with Crippen molar-refractivity contribution in [2.45, 2.75) is 13.5 Å². The van der Waals surface area contributed by atoms with Gasteiger partial charge in [-0.3, -0.25) is 4.79 Å². The molecule has 1 N–H and O–H groups in total. The van der Waals surface area contributed by atoms with Crippen LogP contribution in [0.4, 0.5) is 4.39 Å². The van der Waals surface area contributed by atoms with Crippen LogP contribution < -0.4 is 5.43 Å². The molecular formula is C17H14ClFN4OS. The lowest BCUT2D eigenvalue weighted by atomic mass is 10.2. The topological polar surface area (TPSA) is 59.3 Å². The number of nitrogens with one attached hydrogen (secondary N) is 1. The van der Waals surface area contributed by atoms with Crippen LogP contribution in [0.5, 0.6) is 0 Å². The van der Waals surface area contributed by atoms with Crippen LogP contribution in [0.2, 0.25) is 5.15 Å². The van der Waals surface area contributed by atoms with Gasteiger partial charge in [0.15, 0.2) is 0 Å². The molecule has 3 aromatic rings. The first-order valence-corrected chi connectivity index (χ1v) is 8.64. The molecule has 8 heteroatoms. The summed E-state index contributed by atoms with van der Waals surface area (Å²) in [6.45, 7) is 2.21. The fourth-order valence-corrected chi connectivity index (χ4v) is 3.10. The highest BCUT2D eigenvalue weighted by Gasteiger charge is 2.12. The number of aromatic nitrogens is 2. The van der Waals surface area contributed by atoms with E-state index in [1.165, 1.54) is 29.7 Å². The molecule has 3 rings (SSSR count). The second-order valence-corrected chi connectivity index (χ2v) is 6.56. The van der Waals surface area contributed by atoms with E-state index in [-0.39, 0.29) is 11.7 Å². The number of aryl methyl sites for hydroxylation is 1.